The SMILES string of the molecule is NC1(c2ccc(-c3cc(C(F)(F)F)ccc3F)nc2)CC1. The van der Waals surface area contributed by atoms with Gasteiger partial charge in [-0.15, -0.1) is 0 Å². The molecule has 2 N–H and O–H groups in total. The number of alkyl halides is 3. The number of hydrogen-bond donors (Lipinski definition) is 1. The highest BCUT2D eigenvalue weighted by molar-refractivity contribution is 5.61. The predicted molar refractivity (Wildman–Crippen MR) is 69.7 cm³/mol. The second kappa shape index (κ2) is 4.53. The van der Waals surface area contributed by atoms with Crippen LogP contribution in [0.1, 0.15) is 24.0 Å². The van der Waals surface area contributed by atoms with Crippen LogP contribution in [0.15, 0.2) is 36.5 Å². The number of pyridine rings is 1. The van der Waals surface area contributed by atoms with Crippen molar-refractivity contribution in [3.8, 4) is 11.3 Å². The largest absolute Gasteiger partial charge is 0.416 e. The zero-order chi connectivity index (χ0) is 15.3. The van der Waals surface area contributed by atoms with Crippen LogP contribution < -0.4 is 5.73 Å². The summed E-state index contributed by atoms with van der Waals surface area (Å²) in [6, 6.07) is 5.48. The summed E-state index contributed by atoms with van der Waals surface area (Å²) in [6.45, 7) is 0. The number of hydrogen-bond acceptors (Lipinski definition) is 2. The molecule has 0 radical (unpaired) electrons. The molecule has 2 nitrogen and oxygen atoms in total. The van der Waals surface area contributed by atoms with E-state index in [9.17, 15) is 17.6 Å². The van der Waals surface area contributed by atoms with Gasteiger partial charge in [0.1, 0.15) is 5.82 Å². The molecule has 0 amide bonds. The summed E-state index contributed by atoms with van der Waals surface area (Å²) in [5.74, 6) is -0.739. The lowest BCUT2D eigenvalue weighted by Crippen LogP contribution is -2.18. The third-order valence-corrected chi connectivity index (χ3v) is 3.70. The third-order valence-electron chi connectivity index (χ3n) is 3.70. The molecule has 6 heteroatoms. The Morgan fingerprint density at radius 1 is 1.10 bits per heavy atom. The molecule has 1 heterocycles. The van der Waals surface area contributed by atoms with E-state index in [0.717, 1.165) is 30.5 Å². The summed E-state index contributed by atoms with van der Waals surface area (Å²) in [6.07, 6.45) is -1.31. The van der Waals surface area contributed by atoms with E-state index < -0.39 is 17.6 Å². The first-order valence-electron chi connectivity index (χ1n) is 6.42. The molecule has 2 aromatic rings. The standard InChI is InChI=1S/C15H12F4N2/c16-12-3-1-9(15(17,18)19)7-11(12)13-4-2-10(8-21-13)14(20)5-6-14/h1-4,7-8H,5-6,20H2. The predicted octanol–water partition coefficient (Wildman–Crippen LogP) is 3.85. The second-order valence-electron chi connectivity index (χ2n) is 5.28. The molecule has 0 spiro atoms. The summed E-state index contributed by atoms with van der Waals surface area (Å²) in [5, 5.41) is 0. The van der Waals surface area contributed by atoms with Crippen molar-refractivity contribution in [2.24, 2.45) is 5.73 Å². The monoisotopic (exact) mass is 296 g/mol. The molecule has 1 aromatic heterocycles. The Morgan fingerprint density at radius 3 is 2.33 bits per heavy atom. The fraction of sp³-hybridized carbons (Fsp3) is 0.267. The van der Waals surface area contributed by atoms with Gasteiger partial charge in [-0.2, -0.15) is 13.2 Å². The third kappa shape index (κ3) is 2.63. The molecule has 21 heavy (non-hydrogen) atoms. The van der Waals surface area contributed by atoms with Crippen molar-refractivity contribution in [3.05, 3.63) is 53.5 Å². The molecule has 0 atom stereocenters. The molecular weight excluding hydrogens is 284 g/mol. The minimum absolute atomic E-state index is 0.159. The summed E-state index contributed by atoms with van der Waals surface area (Å²) >= 11 is 0. The van der Waals surface area contributed by atoms with Crippen molar-refractivity contribution >= 4 is 0 Å². The minimum Gasteiger partial charge on any atom is -0.321 e. The number of nitrogens with two attached hydrogens (primary N) is 1. The van der Waals surface area contributed by atoms with Crippen LogP contribution >= 0.6 is 0 Å². The number of aromatic nitrogens is 1. The lowest BCUT2D eigenvalue weighted by atomic mass is 10.0. The molecular formula is C15H12F4N2. The normalized spacial score (nSPS) is 16.8. The van der Waals surface area contributed by atoms with Gasteiger partial charge in [0.15, 0.2) is 0 Å². The summed E-state index contributed by atoms with van der Waals surface area (Å²) in [5.41, 5.74) is 5.54. The first-order valence-corrected chi connectivity index (χ1v) is 6.42. The number of rotatable bonds is 2. The smallest absolute Gasteiger partial charge is 0.321 e. The van der Waals surface area contributed by atoms with Crippen LogP contribution in [-0.2, 0) is 11.7 Å². The molecule has 1 aromatic carbocycles. The van der Waals surface area contributed by atoms with E-state index in [-0.39, 0.29) is 16.8 Å². The van der Waals surface area contributed by atoms with Crippen LogP contribution in [0.25, 0.3) is 11.3 Å². The van der Waals surface area contributed by atoms with Gasteiger partial charge in [0.05, 0.1) is 11.3 Å². The van der Waals surface area contributed by atoms with Crippen molar-refractivity contribution in [3.63, 3.8) is 0 Å². The highest BCUT2D eigenvalue weighted by Crippen LogP contribution is 2.42. The Balaban J connectivity index is 1.99. The van der Waals surface area contributed by atoms with E-state index in [1.54, 1.807) is 6.07 Å². The van der Waals surface area contributed by atoms with Crippen molar-refractivity contribution < 1.29 is 17.6 Å². The van der Waals surface area contributed by atoms with Crippen LogP contribution in [0.3, 0.4) is 0 Å². The van der Waals surface area contributed by atoms with E-state index >= 15 is 0 Å². The summed E-state index contributed by atoms with van der Waals surface area (Å²) in [7, 11) is 0. The van der Waals surface area contributed by atoms with Crippen LogP contribution in [0.5, 0.6) is 0 Å². The van der Waals surface area contributed by atoms with Crippen LogP contribution in [0, 0.1) is 5.82 Å². The second-order valence-corrected chi connectivity index (χ2v) is 5.28. The maximum Gasteiger partial charge on any atom is 0.416 e. The Morgan fingerprint density at radius 2 is 1.81 bits per heavy atom. The van der Waals surface area contributed by atoms with Gasteiger partial charge in [0.25, 0.3) is 0 Å². The van der Waals surface area contributed by atoms with E-state index in [1.165, 1.54) is 12.3 Å². The van der Waals surface area contributed by atoms with Gasteiger partial charge in [-0.25, -0.2) is 4.39 Å². The van der Waals surface area contributed by atoms with E-state index in [4.69, 9.17) is 5.73 Å². The maximum atomic E-state index is 13.8. The zero-order valence-electron chi connectivity index (χ0n) is 10.9. The van der Waals surface area contributed by atoms with E-state index in [0.29, 0.717) is 6.07 Å². The number of benzene rings is 1. The average molecular weight is 296 g/mol. The summed E-state index contributed by atoms with van der Waals surface area (Å²) in [4.78, 5) is 4.05. The fourth-order valence-electron chi connectivity index (χ4n) is 2.17. The molecule has 1 fully saturated rings. The van der Waals surface area contributed by atoms with Crippen molar-refractivity contribution in [1.29, 1.82) is 0 Å². The average Bonchev–Trinajstić information content (AvgIpc) is 3.17. The van der Waals surface area contributed by atoms with Crippen LogP contribution in [0.4, 0.5) is 17.6 Å². The highest BCUT2D eigenvalue weighted by atomic mass is 19.4. The van der Waals surface area contributed by atoms with Crippen LogP contribution in [0.2, 0.25) is 0 Å². The number of nitrogens with zero attached hydrogens (tertiary/aromatic N) is 1. The van der Waals surface area contributed by atoms with Gasteiger partial charge in [-0.05, 0) is 42.7 Å². The maximum absolute atomic E-state index is 13.8. The van der Waals surface area contributed by atoms with E-state index in [1.807, 2.05) is 0 Å². The number of halogens is 4. The molecule has 0 unspecified atom stereocenters. The van der Waals surface area contributed by atoms with Gasteiger partial charge < -0.3 is 5.73 Å². The Hall–Kier alpha value is -1.95. The lowest BCUT2D eigenvalue weighted by Gasteiger charge is -2.11. The van der Waals surface area contributed by atoms with Gasteiger partial charge >= 0.3 is 6.18 Å². The van der Waals surface area contributed by atoms with Gasteiger partial charge in [0, 0.05) is 17.3 Å². The summed E-state index contributed by atoms with van der Waals surface area (Å²) < 4.78 is 51.8. The topological polar surface area (TPSA) is 38.9 Å². The Labute approximate surface area is 118 Å². The fourth-order valence-corrected chi connectivity index (χ4v) is 2.17. The molecule has 1 saturated carbocycles. The Kier molecular flexibility index (Phi) is 3.02. The Bertz CT molecular complexity index is 673. The van der Waals surface area contributed by atoms with Gasteiger partial charge in [-0.3, -0.25) is 4.98 Å². The lowest BCUT2D eigenvalue weighted by molar-refractivity contribution is -0.137. The van der Waals surface area contributed by atoms with Crippen molar-refractivity contribution in [2.45, 2.75) is 24.6 Å². The quantitative estimate of drug-likeness (QED) is 0.855. The molecule has 0 aliphatic heterocycles. The van der Waals surface area contributed by atoms with Crippen molar-refractivity contribution in [2.75, 3.05) is 0 Å². The first-order chi connectivity index (χ1) is 9.79. The molecule has 3 rings (SSSR count). The molecule has 1 aliphatic carbocycles. The molecule has 110 valence electrons. The molecule has 1 aliphatic rings. The van der Waals surface area contributed by atoms with Crippen LogP contribution in [-0.4, -0.2) is 4.98 Å². The highest BCUT2D eigenvalue weighted by Gasteiger charge is 2.40. The zero-order valence-corrected chi connectivity index (χ0v) is 10.9. The molecule has 0 saturated heterocycles. The van der Waals surface area contributed by atoms with Crippen molar-refractivity contribution in [1.82, 2.24) is 4.98 Å². The first kappa shape index (κ1) is 14.0. The van der Waals surface area contributed by atoms with Gasteiger partial charge in [0.2, 0.25) is 0 Å². The minimum atomic E-state index is -4.52. The van der Waals surface area contributed by atoms with E-state index in [2.05, 4.69) is 4.98 Å². The molecule has 0 bridgehead atoms. The van der Waals surface area contributed by atoms with Gasteiger partial charge in [-0.1, -0.05) is 6.07 Å².